The average Bonchev–Trinajstić information content (AvgIpc) is 3.19. The third kappa shape index (κ3) is 7.72. The fourth-order valence-corrected chi connectivity index (χ4v) is 3.41. The van der Waals surface area contributed by atoms with Crippen LogP contribution in [-0.4, -0.2) is 58.1 Å². The van der Waals surface area contributed by atoms with Gasteiger partial charge >= 0.3 is 5.97 Å². The number of hydrogen-bond acceptors (Lipinski definition) is 6. The Morgan fingerprint density at radius 2 is 2.23 bits per heavy atom. The molecule has 1 aromatic heterocycles. The molecule has 1 aromatic rings. The summed E-state index contributed by atoms with van der Waals surface area (Å²) in [5.74, 6) is -0.945. The first kappa shape index (κ1) is 24.9. The lowest BCUT2D eigenvalue weighted by Crippen LogP contribution is -2.53. The molecule has 0 bridgehead atoms. The maximum absolute atomic E-state index is 12.9. The standard InChI is InChI=1S/C20H31Cl2N3O5/c1-3-28-19(27)20(2,10-8-16(21)22)24-18(26)15-9-11-23-25(15)12-6-14-30-17-7-4-5-13-29-17/h9,11,16-17H,3-8,10,12-14H2,1-2H3,(H,24,26)/t17?,20-/m0/s1. The van der Waals surface area contributed by atoms with Crippen LogP contribution in [0.3, 0.4) is 0 Å². The van der Waals surface area contributed by atoms with E-state index in [-0.39, 0.29) is 19.3 Å². The summed E-state index contributed by atoms with van der Waals surface area (Å²) in [6, 6.07) is 1.61. The molecule has 1 aliphatic rings. The van der Waals surface area contributed by atoms with E-state index < -0.39 is 22.3 Å². The Hall–Kier alpha value is -1.35. The Bertz CT molecular complexity index is 679. The molecule has 170 valence electrons. The van der Waals surface area contributed by atoms with Crippen molar-refractivity contribution in [1.82, 2.24) is 15.1 Å². The normalized spacial score (nSPS) is 18.8. The fourth-order valence-electron chi connectivity index (χ4n) is 3.19. The molecule has 2 atom stereocenters. The van der Waals surface area contributed by atoms with Gasteiger partial charge in [0.2, 0.25) is 0 Å². The molecular weight excluding hydrogens is 433 g/mol. The minimum atomic E-state index is -1.24. The number of carbonyl (C=O) groups is 2. The number of esters is 1. The Labute approximate surface area is 187 Å². The van der Waals surface area contributed by atoms with Gasteiger partial charge in [0.05, 0.1) is 13.2 Å². The highest BCUT2D eigenvalue weighted by Gasteiger charge is 2.37. The molecule has 1 amide bonds. The predicted molar refractivity (Wildman–Crippen MR) is 114 cm³/mol. The molecule has 1 N–H and O–H groups in total. The molecule has 8 nitrogen and oxygen atoms in total. The lowest BCUT2D eigenvalue weighted by atomic mass is 9.95. The van der Waals surface area contributed by atoms with E-state index >= 15 is 0 Å². The van der Waals surface area contributed by atoms with Crippen LogP contribution in [0.2, 0.25) is 0 Å². The fraction of sp³-hybridized carbons (Fsp3) is 0.750. The van der Waals surface area contributed by atoms with E-state index in [0.29, 0.717) is 31.7 Å². The first-order chi connectivity index (χ1) is 14.4. The van der Waals surface area contributed by atoms with E-state index in [1.54, 1.807) is 30.8 Å². The number of hydrogen-bond donors (Lipinski definition) is 1. The van der Waals surface area contributed by atoms with Crippen LogP contribution in [0.4, 0.5) is 0 Å². The summed E-state index contributed by atoms with van der Waals surface area (Å²) in [5.41, 5.74) is -0.890. The molecule has 1 saturated heterocycles. The lowest BCUT2D eigenvalue weighted by molar-refractivity contribution is -0.163. The third-order valence-corrected chi connectivity index (χ3v) is 5.32. The molecule has 0 spiro atoms. The molecule has 2 heterocycles. The predicted octanol–water partition coefficient (Wildman–Crippen LogP) is 3.45. The second-order valence-electron chi connectivity index (χ2n) is 7.40. The van der Waals surface area contributed by atoms with Crippen LogP contribution in [0.15, 0.2) is 12.3 Å². The smallest absolute Gasteiger partial charge is 0.331 e. The molecular formula is C20H31Cl2N3O5. The minimum Gasteiger partial charge on any atom is -0.464 e. The monoisotopic (exact) mass is 463 g/mol. The first-order valence-corrected chi connectivity index (χ1v) is 11.3. The maximum Gasteiger partial charge on any atom is 0.331 e. The molecule has 0 aliphatic carbocycles. The van der Waals surface area contributed by atoms with Crippen molar-refractivity contribution >= 4 is 35.1 Å². The number of carbonyl (C=O) groups excluding carboxylic acids is 2. The summed E-state index contributed by atoms with van der Waals surface area (Å²) in [4.78, 5) is 24.7. The number of ether oxygens (including phenoxy) is 3. The van der Waals surface area contributed by atoms with Crippen LogP contribution in [0.25, 0.3) is 0 Å². The zero-order valence-electron chi connectivity index (χ0n) is 17.6. The van der Waals surface area contributed by atoms with Crippen LogP contribution >= 0.6 is 23.2 Å². The van der Waals surface area contributed by atoms with E-state index in [9.17, 15) is 9.59 Å². The van der Waals surface area contributed by atoms with E-state index in [1.807, 2.05) is 0 Å². The summed E-state index contributed by atoms with van der Waals surface area (Å²) < 4.78 is 18.0. The van der Waals surface area contributed by atoms with Crippen molar-refractivity contribution in [3.63, 3.8) is 0 Å². The zero-order valence-corrected chi connectivity index (χ0v) is 19.1. The summed E-state index contributed by atoms with van der Waals surface area (Å²) in [6.45, 7) is 5.28. The van der Waals surface area contributed by atoms with Crippen LogP contribution in [0.1, 0.15) is 62.9 Å². The third-order valence-electron chi connectivity index (χ3n) is 4.88. The van der Waals surface area contributed by atoms with Gasteiger partial charge in [0.1, 0.15) is 16.1 Å². The molecule has 0 radical (unpaired) electrons. The number of rotatable bonds is 12. The highest BCUT2D eigenvalue weighted by atomic mass is 35.5. The quantitative estimate of drug-likeness (QED) is 0.290. The van der Waals surface area contributed by atoms with Crippen LogP contribution < -0.4 is 5.32 Å². The second-order valence-corrected chi connectivity index (χ2v) is 8.67. The van der Waals surface area contributed by atoms with Crippen molar-refractivity contribution in [2.24, 2.45) is 0 Å². The molecule has 1 aliphatic heterocycles. The Kier molecular flexibility index (Phi) is 10.4. The number of aryl methyl sites for hydroxylation is 1. The molecule has 1 fully saturated rings. The summed E-state index contributed by atoms with van der Waals surface area (Å²) in [6.07, 6.45) is 5.77. The van der Waals surface area contributed by atoms with Gasteiger partial charge < -0.3 is 19.5 Å². The van der Waals surface area contributed by atoms with Gasteiger partial charge in [-0.3, -0.25) is 9.48 Å². The largest absolute Gasteiger partial charge is 0.464 e. The van der Waals surface area contributed by atoms with Gasteiger partial charge in [0, 0.05) is 19.3 Å². The average molecular weight is 464 g/mol. The molecule has 1 unspecified atom stereocenters. The summed E-state index contributed by atoms with van der Waals surface area (Å²) in [7, 11) is 0. The van der Waals surface area contributed by atoms with Crippen LogP contribution in [0.5, 0.6) is 0 Å². The summed E-state index contributed by atoms with van der Waals surface area (Å²) >= 11 is 11.6. The number of aromatic nitrogens is 2. The number of alkyl halides is 2. The highest BCUT2D eigenvalue weighted by Crippen LogP contribution is 2.21. The van der Waals surface area contributed by atoms with Gasteiger partial charge in [-0.05, 0) is 58.4 Å². The van der Waals surface area contributed by atoms with E-state index in [1.165, 1.54) is 0 Å². The van der Waals surface area contributed by atoms with E-state index in [0.717, 1.165) is 25.9 Å². The Morgan fingerprint density at radius 1 is 1.43 bits per heavy atom. The van der Waals surface area contributed by atoms with Gasteiger partial charge in [-0.15, -0.1) is 23.2 Å². The maximum atomic E-state index is 12.9. The molecule has 10 heteroatoms. The minimum absolute atomic E-state index is 0.142. The van der Waals surface area contributed by atoms with Crippen LogP contribution in [0, 0.1) is 0 Å². The van der Waals surface area contributed by atoms with Crippen molar-refractivity contribution in [3.05, 3.63) is 18.0 Å². The number of amides is 1. The number of nitrogens with zero attached hydrogens (tertiary/aromatic N) is 2. The Balaban J connectivity index is 1.93. The molecule has 30 heavy (non-hydrogen) atoms. The van der Waals surface area contributed by atoms with Gasteiger partial charge in [-0.25, -0.2) is 4.79 Å². The van der Waals surface area contributed by atoms with E-state index in [4.69, 9.17) is 37.4 Å². The lowest BCUT2D eigenvalue weighted by Gasteiger charge is -2.28. The molecule has 0 aromatic carbocycles. The SMILES string of the molecule is CCOC(=O)[C@](C)(CCC(Cl)Cl)NC(=O)c1ccnn1CCCOC1CCCCO1. The van der Waals surface area contributed by atoms with Gasteiger partial charge in [-0.1, -0.05) is 0 Å². The first-order valence-electron chi connectivity index (χ1n) is 10.4. The van der Waals surface area contributed by atoms with Crippen molar-refractivity contribution in [3.8, 4) is 0 Å². The second kappa shape index (κ2) is 12.5. The van der Waals surface area contributed by atoms with Gasteiger partial charge in [0.15, 0.2) is 6.29 Å². The van der Waals surface area contributed by atoms with Crippen molar-refractivity contribution in [2.75, 3.05) is 19.8 Å². The van der Waals surface area contributed by atoms with Crippen LogP contribution in [-0.2, 0) is 25.5 Å². The highest BCUT2D eigenvalue weighted by molar-refractivity contribution is 6.44. The zero-order chi connectivity index (χ0) is 22.0. The number of nitrogens with one attached hydrogen (secondary N) is 1. The van der Waals surface area contributed by atoms with Crippen molar-refractivity contribution in [1.29, 1.82) is 0 Å². The molecule has 2 rings (SSSR count). The van der Waals surface area contributed by atoms with E-state index in [2.05, 4.69) is 10.4 Å². The summed E-state index contributed by atoms with van der Waals surface area (Å²) in [5, 5.41) is 6.99. The Morgan fingerprint density at radius 3 is 2.90 bits per heavy atom. The van der Waals surface area contributed by atoms with Gasteiger partial charge in [-0.2, -0.15) is 5.10 Å². The topological polar surface area (TPSA) is 91.7 Å². The van der Waals surface area contributed by atoms with Crippen molar-refractivity contribution < 1.29 is 23.8 Å². The number of halogens is 2. The van der Waals surface area contributed by atoms with Crippen molar-refractivity contribution in [2.45, 2.75) is 75.6 Å². The van der Waals surface area contributed by atoms with Gasteiger partial charge in [0.25, 0.3) is 5.91 Å². The molecule has 0 saturated carbocycles.